The standard InChI is InChI=1S/C13H18N4OS.ClH/c1-2-5-10-15-8-9(19-10)11-16-12(17-18-11)13(14)6-3-4-7-13;/h8H,2-7,14H2,1H3;1H. The fraction of sp³-hybridized carbons (Fsp3) is 0.615. The van der Waals surface area contributed by atoms with Gasteiger partial charge in [-0.05, 0) is 25.7 Å². The molecule has 2 N–H and O–H groups in total. The summed E-state index contributed by atoms with van der Waals surface area (Å²) < 4.78 is 5.35. The second-order valence-corrected chi connectivity index (χ2v) is 6.27. The van der Waals surface area contributed by atoms with E-state index in [-0.39, 0.29) is 12.4 Å². The van der Waals surface area contributed by atoms with Crippen LogP contribution in [-0.4, -0.2) is 15.1 Å². The van der Waals surface area contributed by atoms with Gasteiger partial charge in [0.05, 0.1) is 16.7 Å². The van der Waals surface area contributed by atoms with Crippen LogP contribution in [0.5, 0.6) is 0 Å². The molecule has 0 spiro atoms. The Hall–Kier alpha value is -0.980. The summed E-state index contributed by atoms with van der Waals surface area (Å²) in [4.78, 5) is 9.78. The molecule has 1 saturated carbocycles. The molecule has 0 aliphatic heterocycles. The fourth-order valence-electron chi connectivity index (χ4n) is 2.49. The molecule has 20 heavy (non-hydrogen) atoms. The minimum absolute atomic E-state index is 0. The first-order valence-electron chi connectivity index (χ1n) is 6.79. The van der Waals surface area contributed by atoms with Crippen LogP contribution in [-0.2, 0) is 12.0 Å². The van der Waals surface area contributed by atoms with Crippen LogP contribution in [0.3, 0.4) is 0 Å². The molecule has 0 radical (unpaired) electrons. The van der Waals surface area contributed by atoms with Crippen LogP contribution < -0.4 is 5.73 Å². The Balaban J connectivity index is 0.00000147. The van der Waals surface area contributed by atoms with Crippen molar-refractivity contribution in [3.63, 3.8) is 0 Å². The van der Waals surface area contributed by atoms with E-state index in [1.54, 1.807) is 11.3 Å². The van der Waals surface area contributed by atoms with E-state index in [0.29, 0.717) is 11.7 Å². The number of hydrogen-bond acceptors (Lipinski definition) is 6. The molecule has 2 heterocycles. The van der Waals surface area contributed by atoms with Gasteiger partial charge in [0.15, 0.2) is 5.82 Å². The van der Waals surface area contributed by atoms with E-state index in [1.807, 2.05) is 6.20 Å². The molecular weight excluding hydrogens is 296 g/mol. The van der Waals surface area contributed by atoms with Gasteiger partial charge >= 0.3 is 0 Å². The topological polar surface area (TPSA) is 77.8 Å². The lowest BCUT2D eigenvalue weighted by Crippen LogP contribution is -2.34. The van der Waals surface area contributed by atoms with Crippen LogP contribution in [0.25, 0.3) is 10.8 Å². The molecule has 2 aromatic rings. The third-order valence-corrected chi connectivity index (χ3v) is 4.64. The third kappa shape index (κ3) is 2.87. The molecule has 5 nitrogen and oxygen atoms in total. The molecule has 3 rings (SSSR count). The van der Waals surface area contributed by atoms with Crippen molar-refractivity contribution in [3.05, 3.63) is 17.0 Å². The maximum absolute atomic E-state index is 6.33. The predicted molar refractivity (Wildman–Crippen MR) is 81.0 cm³/mol. The molecule has 0 saturated heterocycles. The summed E-state index contributed by atoms with van der Waals surface area (Å²) in [5.41, 5.74) is 5.94. The van der Waals surface area contributed by atoms with Crippen LogP contribution in [0.4, 0.5) is 0 Å². The summed E-state index contributed by atoms with van der Waals surface area (Å²) in [6.45, 7) is 2.14. The van der Waals surface area contributed by atoms with Crippen molar-refractivity contribution >= 4 is 23.7 Å². The molecule has 0 unspecified atom stereocenters. The summed E-state index contributed by atoms with van der Waals surface area (Å²) in [5, 5.41) is 5.18. The Morgan fingerprint density at radius 2 is 2.15 bits per heavy atom. The van der Waals surface area contributed by atoms with Gasteiger partial charge in [0, 0.05) is 0 Å². The Kier molecular flexibility index (Phi) is 4.78. The van der Waals surface area contributed by atoms with Crippen molar-refractivity contribution in [2.45, 2.75) is 51.0 Å². The highest BCUT2D eigenvalue weighted by molar-refractivity contribution is 7.15. The zero-order chi connectivity index (χ0) is 13.3. The first-order valence-corrected chi connectivity index (χ1v) is 7.61. The van der Waals surface area contributed by atoms with E-state index in [9.17, 15) is 0 Å². The Labute approximate surface area is 128 Å². The highest BCUT2D eigenvalue weighted by atomic mass is 35.5. The van der Waals surface area contributed by atoms with Crippen LogP contribution in [0.1, 0.15) is 49.9 Å². The lowest BCUT2D eigenvalue weighted by Gasteiger charge is -2.17. The Bertz CT molecular complexity index is 562. The van der Waals surface area contributed by atoms with Gasteiger partial charge in [-0.15, -0.1) is 23.7 Å². The van der Waals surface area contributed by atoms with Gasteiger partial charge in [0.25, 0.3) is 5.89 Å². The summed E-state index contributed by atoms with van der Waals surface area (Å²) in [5.74, 6) is 1.19. The minimum Gasteiger partial charge on any atom is -0.333 e. The summed E-state index contributed by atoms with van der Waals surface area (Å²) in [6.07, 6.45) is 8.06. The number of rotatable bonds is 4. The van der Waals surface area contributed by atoms with E-state index >= 15 is 0 Å². The van der Waals surface area contributed by atoms with Crippen LogP contribution in [0.2, 0.25) is 0 Å². The van der Waals surface area contributed by atoms with Crippen molar-refractivity contribution in [3.8, 4) is 10.8 Å². The van der Waals surface area contributed by atoms with Gasteiger partial charge in [-0.2, -0.15) is 4.98 Å². The lowest BCUT2D eigenvalue weighted by atomic mass is 9.99. The minimum atomic E-state index is -0.390. The van der Waals surface area contributed by atoms with Crippen molar-refractivity contribution < 1.29 is 4.52 Å². The van der Waals surface area contributed by atoms with Gasteiger partial charge in [-0.1, -0.05) is 24.9 Å². The first kappa shape index (κ1) is 15.4. The van der Waals surface area contributed by atoms with Gasteiger partial charge in [-0.25, -0.2) is 4.98 Å². The maximum atomic E-state index is 6.33. The number of aryl methyl sites for hydroxylation is 1. The number of hydrogen-bond donors (Lipinski definition) is 1. The fourth-order valence-corrected chi connectivity index (χ4v) is 3.43. The maximum Gasteiger partial charge on any atom is 0.269 e. The lowest BCUT2D eigenvalue weighted by molar-refractivity contribution is 0.373. The van der Waals surface area contributed by atoms with Crippen LogP contribution in [0.15, 0.2) is 10.7 Å². The Morgan fingerprint density at radius 1 is 1.40 bits per heavy atom. The van der Waals surface area contributed by atoms with Crippen molar-refractivity contribution in [2.75, 3.05) is 0 Å². The normalized spacial score (nSPS) is 17.1. The predicted octanol–water partition coefficient (Wildman–Crippen LogP) is 3.30. The highest BCUT2D eigenvalue weighted by Gasteiger charge is 2.36. The number of thiazole rings is 1. The molecule has 0 aromatic carbocycles. The van der Waals surface area contributed by atoms with E-state index in [0.717, 1.165) is 48.4 Å². The summed E-state index contributed by atoms with van der Waals surface area (Å²) >= 11 is 1.62. The molecule has 7 heteroatoms. The summed E-state index contributed by atoms with van der Waals surface area (Å²) in [6, 6.07) is 0. The second-order valence-electron chi connectivity index (χ2n) is 5.15. The number of aromatic nitrogens is 3. The van der Waals surface area contributed by atoms with E-state index in [2.05, 4.69) is 22.0 Å². The number of halogens is 1. The van der Waals surface area contributed by atoms with E-state index < -0.39 is 5.54 Å². The molecule has 2 aromatic heterocycles. The average Bonchev–Trinajstić information content (AvgIpc) is 3.07. The SMILES string of the molecule is CCCc1ncc(-c2nc(C3(N)CCCC3)no2)s1.Cl. The molecule has 110 valence electrons. The van der Waals surface area contributed by atoms with Crippen molar-refractivity contribution in [2.24, 2.45) is 5.73 Å². The van der Waals surface area contributed by atoms with E-state index in [4.69, 9.17) is 10.3 Å². The molecular formula is C13H19ClN4OS. The number of nitrogens with zero attached hydrogens (tertiary/aromatic N) is 3. The molecule has 1 aliphatic rings. The van der Waals surface area contributed by atoms with Crippen LogP contribution >= 0.6 is 23.7 Å². The number of nitrogens with two attached hydrogens (primary N) is 1. The van der Waals surface area contributed by atoms with E-state index in [1.165, 1.54) is 0 Å². The molecule has 1 aliphatic carbocycles. The van der Waals surface area contributed by atoms with Crippen molar-refractivity contribution in [1.82, 2.24) is 15.1 Å². The molecule has 1 fully saturated rings. The quantitative estimate of drug-likeness (QED) is 0.936. The zero-order valence-electron chi connectivity index (χ0n) is 11.5. The third-order valence-electron chi connectivity index (χ3n) is 3.60. The smallest absolute Gasteiger partial charge is 0.269 e. The van der Waals surface area contributed by atoms with Gasteiger partial charge in [0.2, 0.25) is 0 Å². The van der Waals surface area contributed by atoms with Crippen LogP contribution in [0, 0.1) is 0 Å². The monoisotopic (exact) mass is 314 g/mol. The van der Waals surface area contributed by atoms with Gasteiger partial charge in [0.1, 0.15) is 4.88 Å². The average molecular weight is 315 g/mol. The van der Waals surface area contributed by atoms with Gasteiger partial charge < -0.3 is 10.3 Å². The Morgan fingerprint density at radius 3 is 2.85 bits per heavy atom. The zero-order valence-corrected chi connectivity index (χ0v) is 13.1. The molecule has 0 atom stereocenters. The largest absolute Gasteiger partial charge is 0.333 e. The van der Waals surface area contributed by atoms with Crippen molar-refractivity contribution in [1.29, 1.82) is 0 Å². The second kappa shape index (κ2) is 6.20. The molecule has 0 amide bonds. The molecule has 0 bridgehead atoms. The highest BCUT2D eigenvalue weighted by Crippen LogP contribution is 2.36. The van der Waals surface area contributed by atoms with Gasteiger partial charge in [-0.3, -0.25) is 0 Å². The summed E-state index contributed by atoms with van der Waals surface area (Å²) in [7, 11) is 0. The first-order chi connectivity index (χ1) is 9.21.